The van der Waals surface area contributed by atoms with Gasteiger partial charge >= 0.3 is 0 Å². The van der Waals surface area contributed by atoms with Gasteiger partial charge in [-0.3, -0.25) is 0 Å². The molecule has 0 aliphatic carbocycles. The minimum absolute atomic E-state index is 0.256. The van der Waals surface area contributed by atoms with Crippen molar-refractivity contribution in [1.82, 2.24) is 8.61 Å². The molecular weight excluding hydrogens is 274 g/mol. The van der Waals surface area contributed by atoms with E-state index in [2.05, 4.69) is 13.8 Å². The van der Waals surface area contributed by atoms with Gasteiger partial charge in [0.1, 0.15) is 0 Å². The molecule has 2 N–H and O–H groups in total. The predicted molar refractivity (Wildman–Crippen MR) is 81.5 cm³/mol. The van der Waals surface area contributed by atoms with Crippen LogP contribution in [-0.4, -0.2) is 49.8 Å². The van der Waals surface area contributed by atoms with Crippen LogP contribution in [-0.2, 0) is 10.2 Å². The molecule has 6 heteroatoms. The van der Waals surface area contributed by atoms with Crippen LogP contribution >= 0.6 is 0 Å². The first-order valence-electron chi connectivity index (χ1n) is 7.80. The second kappa shape index (κ2) is 6.30. The van der Waals surface area contributed by atoms with Gasteiger partial charge < -0.3 is 5.73 Å². The number of hydrogen-bond acceptors (Lipinski definition) is 3. The average molecular weight is 303 g/mol. The number of rotatable bonds is 3. The highest BCUT2D eigenvalue weighted by Crippen LogP contribution is 2.31. The molecule has 0 bridgehead atoms. The molecule has 0 amide bonds. The van der Waals surface area contributed by atoms with Crippen LogP contribution in [0.5, 0.6) is 0 Å². The Balaban J connectivity index is 2.05. The molecule has 20 heavy (non-hydrogen) atoms. The maximum atomic E-state index is 12.8. The van der Waals surface area contributed by atoms with E-state index in [4.69, 9.17) is 5.73 Å². The van der Waals surface area contributed by atoms with Crippen molar-refractivity contribution in [1.29, 1.82) is 0 Å². The van der Waals surface area contributed by atoms with E-state index < -0.39 is 10.2 Å². The summed E-state index contributed by atoms with van der Waals surface area (Å²) < 4.78 is 28.9. The minimum Gasteiger partial charge on any atom is -0.330 e. The molecule has 2 fully saturated rings. The van der Waals surface area contributed by atoms with Crippen LogP contribution in [0.2, 0.25) is 0 Å². The molecule has 0 aromatic rings. The Morgan fingerprint density at radius 2 is 1.80 bits per heavy atom. The summed E-state index contributed by atoms with van der Waals surface area (Å²) in [5.74, 6) is 0.321. The molecule has 2 aliphatic rings. The van der Waals surface area contributed by atoms with Crippen molar-refractivity contribution in [2.75, 3.05) is 32.7 Å². The van der Waals surface area contributed by atoms with E-state index in [0.717, 1.165) is 32.1 Å². The van der Waals surface area contributed by atoms with Crippen LogP contribution in [0.25, 0.3) is 0 Å². The second-order valence-electron chi connectivity index (χ2n) is 7.03. The zero-order valence-electron chi connectivity index (χ0n) is 12.8. The third-order valence-electron chi connectivity index (χ3n) is 4.77. The van der Waals surface area contributed by atoms with Crippen LogP contribution in [0, 0.1) is 11.3 Å². The molecule has 2 heterocycles. The summed E-state index contributed by atoms with van der Waals surface area (Å²) in [4.78, 5) is 0. The third kappa shape index (κ3) is 3.72. The molecule has 1 unspecified atom stereocenters. The Kier molecular flexibility index (Phi) is 5.10. The first-order valence-corrected chi connectivity index (χ1v) is 9.20. The fourth-order valence-electron chi connectivity index (χ4n) is 3.22. The molecule has 2 rings (SSSR count). The van der Waals surface area contributed by atoms with Gasteiger partial charge in [0, 0.05) is 26.2 Å². The maximum absolute atomic E-state index is 12.8. The maximum Gasteiger partial charge on any atom is 0.281 e. The molecular formula is C14H29N3O2S. The van der Waals surface area contributed by atoms with E-state index in [1.807, 2.05) is 0 Å². The monoisotopic (exact) mass is 303 g/mol. The first kappa shape index (κ1) is 16.2. The van der Waals surface area contributed by atoms with Gasteiger partial charge in [0.15, 0.2) is 0 Å². The van der Waals surface area contributed by atoms with Crippen LogP contribution < -0.4 is 5.73 Å². The fourth-order valence-corrected chi connectivity index (χ4v) is 4.99. The van der Waals surface area contributed by atoms with Crippen molar-refractivity contribution >= 4 is 10.2 Å². The van der Waals surface area contributed by atoms with E-state index in [-0.39, 0.29) is 5.41 Å². The number of piperidine rings is 1. The Morgan fingerprint density at radius 3 is 2.50 bits per heavy atom. The van der Waals surface area contributed by atoms with Gasteiger partial charge in [-0.2, -0.15) is 17.0 Å². The van der Waals surface area contributed by atoms with E-state index in [1.54, 1.807) is 8.61 Å². The quantitative estimate of drug-likeness (QED) is 0.857. The summed E-state index contributed by atoms with van der Waals surface area (Å²) in [6, 6.07) is 0. The van der Waals surface area contributed by atoms with Gasteiger partial charge in [0.2, 0.25) is 0 Å². The SMILES string of the molecule is CC1(C)CCCN(S(=O)(=O)N2CCCC(CN)C2)CC1. The van der Waals surface area contributed by atoms with Gasteiger partial charge in [-0.15, -0.1) is 0 Å². The van der Waals surface area contributed by atoms with Gasteiger partial charge in [0.25, 0.3) is 10.2 Å². The second-order valence-corrected chi connectivity index (χ2v) is 8.96. The largest absolute Gasteiger partial charge is 0.330 e. The zero-order valence-corrected chi connectivity index (χ0v) is 13.7. The molecule has 1 atom stereocenters. The standard InChI is InChI=1S/C14H29N3O2S/c1-14(2)6-4-9-16(10-7-14)20(18,19)17-8-3-5-13(11-15)12-17/h13H,3-12,15H2,1-2H3. The van der Waals surface area contributed by atoms with Crippen LogP contribution in [0.1, 0.15) is 46.0 Å². The first-order chi connectivity index (χ1) is 9.35. The lowest BCUT2D eigenvalue weighted by molar-refractivity contribution is 0.248. The average Bonchev–Trinajstić information content (AvgIpc) is 2.60. The summed E-state index contributed by atoms with van der Waals surface area (Å²) >= 11 is 0. The summed E-state index contributed by atoms with van der Waals surface area (Å²) in [6.45, 7) is 7.61. The Hall–Kier alpha value is -0.170. The Morgan fingerprint density at radius 1 is 1.10 bits per heavy atom. The number of hydrogen-bond donors (Lipinski definition) is 1. The van der Waals surface area contributed by atoms with Crippen molar-refractivity contribution in [2.45, 2.75) is 46.0 Å². The lowest BCUT2D eigenvalue weighted by Gasteiger charge is -2.35. The fraction of sp³-hybridized carbons (Fsp3) is 1.00. The summed E-state index contributed by atoms with van der Waals surface area (Å²) in [7, 11) is -3.29. The van der Waals surface area contributed by atoms with Gasteiger partial charge in [-0.05, 0) is 50.0 Å². The number of nitrogens with two attached hydrogens (primary N) is 1. The topological polar surface area (TPSA) is 66.6 Å². The van der Waals surface area contributed by atoms with Crippen molar-refractivity contribution in [3.05, 3.63) is 0 Å². The van der Waals surface area contributed by atoms with Crippen molar-refractivity contribution in [2.24, 2.45) is 17.1 Å². The molecule has 2 saturated heterocycles. The predicted octanol–water partition coefficient (Wildman–Crippen LogP) is 1.41. The Bertz CT molecular complexity index is 422. The van der Waals surface area contributed by atoms with Crippen LogP contribution in [0.4, 0.5) is 0 Å². The molecule has 0 spiro atoms. The zero-order chi connectivity index (χ0) is 14.8. The van der Waals surface area contributed by atoms with E-state index in [1.165, 1.54) is 0 Å². The Labute approximate surface area is 123 Å². The molecule has 0 radical (unpaired) electrons. The molecule has 0 aromatic heterocycles. The summed E-state index contributed by atoms with van der Waals surface area (Å²) in [6.07, 6.45) is 4.99. The minimum atomic E-state index is -3.29. The molecule has 0 saturated carbocycles. The highest BCUT2D eigenvalue weighted by atomic mass is 32.2. The summed E-state index contributed by atoms with van der Waals surface area (Å²) in [5, 5.41) is 0. The molecule has 0 aromatic carbocycles. The highest BCUT2D eigenvalue weighted by molar-refractivity contribution is 7.86. The molecule has 5 nitrogen and oxygen atoms in total. The highest BCUT2D eigenvalue weighted by Gasteiger charge is 2.35. The lowest BCUT2D eigenvalue weighted by Crippen LogP contribution is -2.49. The van der Waals surface area contributed by atoms with E-state index in [0.29, 0.717) is 38.6 Å². The van der Waals surface area contributed by atoms with Gasteiger partial charge in [-0.25, -0.2) is 0 Å². The van der Waals surface area contributed by atoms with Crippen molar-refractivity contribution in [3.63, 3.8) is 0 Å². The van der Waals surface area contributed by atoms with E-state index in [9.17, 15) is 8.42 Å². The van der Waals surface area contributed by atoms with Crippen molar-refractivity contribution in [3.8, 4) is 0 Å². The van der Waals surface area contributed by atoms with E-state index >= 15 is 0 Å². The van der Waals surface area contributed by atoms with Crippen LogP contribution in [0.3, 0.4) is 0 Å². The third-order valence-corrected chi connectivity index (χ3v) is 6.77. The van der Waals surface area contributed by atoms with Gasteiger partial charge in [0.05, 0.1) is 0 Å². The van der Waals surface area contributed by atoms with Crippen LogP contribution in [0.15, 0.2) is 0 Å². The van der Waals surface area contributed by atoms with Gasteiger partial charge in [-0.1, -0.05) is 13.8 Å². The summed E-state index contributed by atoms with van der Waals surface area (Å²) in [5.41, 5.74) is 5.97. The smallest absolute Gasteiger partial charge is 0.281 e. The normalized spacial score (nSPS) is 30.1. The van der Waals surface area contributed by atoms with Crippen molar-refractivity contribution < 1.29 is 8.42 Å². The number of nitrogens with zero attached hydrogens (tertiary/aromatic N) is 2. The molecule has 118 valence electrons. The lowest BCUT2D eigenvalue weighted by atomic mass is 9.85. The molecule has 2 aliphatic heterocycles.